The van der Waals surface area contributed by atoms with Gasteiger partial charge in [-0.05, 0) is 55.2 Å². The lowest BCUT2D eigenvalue weighted by atomic mass is 10.0. The molecule has 3 aliphatic heterocycles. The number of ketones is 1. The van der Waals surface area contributed by atoms with Crippen LogP contribution in [0.25, 0.3) is 0 Å². The van der Waals surface area contributed by atoms with Crippen molar-refractivity contribution in [3.63, 3.8) is 0 Å². The molecule has 3 amide bonds. The molecule has 10 heteroatoms. The zero-order valence-electron chi connectivity index (χ0n) is 21.7. The number of likely N-dealkylation sites (tertiary alicyclic amines) is 2. The van der Waals surface area contributed by atoms with Crippen LogP contribution in [-0.2, 0) is 9.59 Å². The third-order valence-electron chi connectivity index (χ3n) is 7.79. The van der Waals surface area contributed by atoms with Crippen molar-refractivity contribution in [2.24, 2.45) is 5.92 Å². The average Bonchev–Trinajstić information content (AvgIpc) is 3.68. The van der Waals surface area contributed by atoms with Crippen LogP contribution in [0.15, 0.2) is 47.1 Å². The van der Waals surface area contributed by atoms with E-state index in [0.29, 0.717) is 31.5 Å². The van der Waals surface area contributed by atoms with Crippen LogP contribution in [0.4, 0.5) is 5.69 Å². The molecule has 0 spiro atoms. The lowest BCUT2D eigenvalue weighted by Gasteiger charge is -2.29. The summed E-state index contributed by atoms with van der Waals surface area (Å²) in [7, 11) is 0. The van der Waals surface area contributed by atoms with Gasteiger partial charge < -0.3 is 29.8 Å². The van der Waals surface area contributed by atoms with Gasteiger partial charge in [0.1, 0.15) is 6.04 Å². The van der Waals surface area contributed by atoms with Gasteiger partial charge in [0.2, 0.25) is 5.91 Å². The molecule has 0 saturated carbocycles. The quantitative estimate of drug-likeness (QED) is 0.541. The first-order valence-corrected chi connectivity index (χ1v) is 13.4. The number of piperazine rings is 1. The average molecular weight is 522 g/mol. The predicted octanol–water partition coefficient (Wildman–Crippen LogP) is 1.53. The maximum Gasteiger partial charge on any atom is 0.290 e. The molecular weight excluding hydrogens is 486 g/mol. The number of rotatable bonds is 8. The van der Waals surface area contributed by atoms with Gasteiger partial charge in [0.25, 0.3) is 11.8 Å². The van der Waals surface area contributed by atoms with Gasteiger partial charge in [-0.25, -0.2) is 0 Å². The van der Waals surface area contributed by atoms with Crippen molar-refractivity contribution >= 4 is 29.2 Å². The van der Waals surface area contributed by atoms with E-state index < -0.39 is 6.04 Å². The van der Waals surface area contributed by atoms with Crippen LogP contribution in [0.2, 0.25) is 0 Å². The highest BCUT2D eigenvalue weighted by atomic mass is 16.3. The molecule has 202 valence electrons. The fourth-order valence-corrected chi connectivity index (χ4v) is 5.71. The molecule has 0 aliphatic carbocycles. The molecule has 38 heavy (non-hydrogen) atoms. The Morgan fingerprint density at radius 1 is 1.08 bits per heavy atom. The number of furan rings is 1. The van der Waals surface area contributed by atoms with E-state index in [9.17, 15) is 19.2 Å². The smallest absolute Gasteiger partial charge is 0.290 e. The standard InChI is InChI=1S/C28H35N5O5/c1-19(8-10-30-27(36)20-4-6-21(7-5-20)31-14-11-29-12-15-31)17-25(35)32-13-9-22-26(32)23(34)18-33(22)28(37)24-3-2-16-38-24/h2-7,16,19,22,26,29H,8-15,17-18H2,1H3,(H,30,36). The van der Waals surface area contributed by atoms with Crippen LogP contribution in [0, 0.1) is 5.92 Å². The van der Waals surface area contributed by atoms with Crippen LogP contribution >= 0.6 is 0 Å². The molecule has 3 saturated heterocycles. The number of benzene rings is 1. The number of nitrogens with zero attached hydrogens (tertiary/aromatic N) is 3. The second-order valence-corrected chi connectivity index (χ2v) is 10.4. The van der Waals surface area contributed by atoms with Gasteiger partial charge in [0.15, 0.2) is 11.5 Å². The Hall–Kier alpha value is -3.66. The summed E-state index contributed by atoms with van der Waals surface area (Å²) in [6.45, 7) is 6.72. The Bertz CT molecular complexity index is 1160. The maximum atomic E-state index is 13.1. The summed E-state index contributed by atoms with van der Waals surface area (Å²) in [5.74, 6) is -0.392. The number of nitrogens with one attached hydrogen (secondary N) is 2. The summed E-state index contributed by atoms with van der Waals surface area (Å²) in [6.07, 6.45) is 2.95. The van der Waals surface area contributed by atoms with Crippen LogP contribution < -0.4 is 15.5 Å². The zero-order chi connectivity index (χ0) is 26.6. The molecule has 3 fully saturated rings. The first-order valence-electron chi connectivity index (χ1n) is 13.4. The van der Waals surface area contributed by atoms with Crippen molar-refractivity contribution in [1.29, 1.82) is 0 Å². The first-order chi connectivity index (χ1) is 18.4. The van der Waals surface area contributed by atoms with Crippen LogP contribution in [0.3, 0.4) is 0 Å². The molecule has 4 heterocycles. The topological polar surface area (TPSA) is 115 Å². The first kappa shape index (κ1) is 26.0. The van der Waals surface area contributed by atoms with E-state index in [4.69, 9.17) is 4.42 Å². The van der Waals surface area contributed by atoms with Crippen LogP contribution in [0.5, 0.6) is 0 Å². The van der Waals surface area contributed by atoms with E-state index in [1.807, 2.05) is 31.2 Å². The second kappa shape index (κ2) is 11.4. The van der Waals surface area contributed by atoms with Crippen molar-refractivity contribution in [1.82, 2.24) is 20.4 Å². The zero-order valence-corrected chi connectivity index (χ0v) is 21.7. The van der Waals surface area contributed by atoms with Gasteiger partial charge in [-0.15, -0.1) is 0 Å². The lowest BCUT2D eigenvalue weighted by Crippen LogP contribution is -2.44. The number of amides is 3. The van der Waals surface area contributed by atoms with E-state index >= 15 is 0 Å². The summed E-state index contributed by atoms with van der Waals surface area (Å²) in [5, 5.41) is 6.29. The molecule has 3 atom stereocenters. The van der Waals surface area contributed by atoms with Crippen LogP contribution in [-0.4, -0.2) is 91.2 Å². The van der Waals surface area contributed by atoms with Crippen LogP contribution in [0.1, 0.15) is 47.1 Å². The number of Topliss-reactive ketones (excluding diaryl/α,β-unsaturated/α-hetero) is 1. The third-order valence-corrected chi connectivity index (χ3v) is 7.79. The minimum absolute atomic E-state index is 0.00352. The summed E-state index contributed by atoms with van der Waals surface area (Å²) in [5.41, 5.74) is 1.73. The molecule has 1 aromatic heterocycles. The Labute approximate surface area is 222 Å². The van der Waals surface area contributed by atoms with E-state index in [1.165, 1.54) is 11.2 Å². The van der Waals surface area contributed by atoms with Crippen molar-refractivity contribution in [3.8, 4) is 0 Å². The van der Waals surface area contributed by atoms with E-state index in [0.717, 1.165) is 31.9 Å². The summed E-state index contributed by atoms with van der Waals surface area (Å²) >= 11 is 0. The second-order valence-electron chi connectivity index (χ2n) is 10.4. The largest absolute Gasteiger partial charge is 0.459 e. The Balaban J connectivity index is 1.07. The highest BCUT2D eigenvalue weighted by Gasteiger charge is 2.51. The molecule has 2 aromatic rings. The molecule has 5 rings (SSSR count). The number of fused-ring (bicyclic) bond motifs is 1. The Morgan fingerprint density at radius 2 is 1.84 bits per heavy atom. The van der Waals surface area contributed by atoms with Gasteiger partial charge in [-0.3, -0.25) is 19.2 Å². The van der Waals surface area contributed by atoms with Gasteiger partial charge in [-0.1, -0.05) is 6.92 Å². The van der Waals surface area contributed by atoms with E-state index in [-0.39, 0.29) is 54.2 Å². The monoisotopic (exact) mass is 521 g/mol. The molecular formula is C28H35N5O5. The summed E-state index contributed by atoms with van der Waals surface area (Å²) < 4.78 is 5.21. The van der Waals surface area contributed by atoms with Gasteiger partial charge in [-0.2, -0.15) is 0 Å². The highest BCUT2D eigenvalue weighted by Crippen LogP contribution is 2.32. The van der Waals surface area contributed by atoms with Gasteiger partial charge >= 0.3 is 0 Å². The molecule has 0 radical (unpaired) electrons. The molecule has 10 nitrogen and oxygen atoms in total. The number of hydrogen-bond donors (Lipinski definition) is 2. The fraction of sp³-hybridized carbons (Fsp3) is 0.500. The Kier molecular flexibility index (Phi) is 7.78. The van der Waals surface area contributed by atoms with Crippen molar-refractivity contribution < 1.29 is 23.6 Å². The lowest BCUT2D eigenvalue weighted by molar-refractivity contribution is -0.137. The molecule has 1 aromatic carbocycles. The molecule has 2 N–H and O–H groups in total. The van der Waals surface area contributed by atoms with E-state index in [2.05, 4.69) is 15.5 Å². The number of anilines is 1. The molecule has 3 aliphatic rings. The minimum atomic E-state index is -0.586. The maximum absolute atomic E-state index is 13.1. The number of hydrogen-bond acceptors (Lipinski definition) is 7. The summed E-state index contributed by atoms with van der Waals surface area (Å²) in [4.78, 5) is 56.7. The Morgan fingerprint density at radius 3 is 2.55 bits per heavy atom. The number of carbonyl (C=O) groups is 4. The minimum Gasteiger partial charge on any atom is -0.459 e. The van der Waals surface area contributed by atoms with E-state index in [1.54, 1.807) is 17.0 Å². The molecule has 0 bridgehead atoms. The SMILES string of the molecule is CC(CCNC(=O)c1ccc(N2CCNCC2)cc1)CC(=O)N1CCC2C1C(=O)CN2C(=O)c1ccco1. The van der Waals surface area contributed by atoms with Crippen molar-refractivity contribution in [3.05, 3.63) is 54.0 Å². The highest BCUT2D eigenvalue weighted by molar-refractivity contribution is 6.01. The molecule has 3 unspecified atom stereocenters. The van der Waals surface area contributed by atoms with Crippen molar-refractivity contribution in [2.75, 3.05) is 50.7 Å². The predicted molar refractivity (Wildman–Crippen MR) is 141 cm³/mol. The number of carbonyl (C=O) groups excluding carboxylic acids is 4. The van der Waals surface area contributed by atoms with Gasteiger partial charge in [0.05, 0.1) is 18.8 Å². The normalized spacial score (nSPS) is 21.9. The third kappa shape index (κ3) is 5.45. The van der Waals surface area contributed by atoms with Gasteiger partial charge in [0, 0.05) is 56.9 Å². The fourth-order valence-electron chi connectivity index (χ4n) is 5.71. The summed E-state index contributed by atoms with van der Waals surface area (Å²) in [6, 6.07) is 10.00. The van der Waals surface area contributed by atoms with Crippen molar-refractivity contribution in [2.45, 2.75) is 38.3 Å².